The van der Waals surface area contributed by atoms with Gasteiger partial charge in [-0.3, -0.25) is 0 Å². The van der Waals surface area contributed by atoms with E-state index in [9.17, 15) is 0 Å². The van der Waals surface area contributed by atoms with E-state index in [4.69, 9.17) is 33.2 Å². The van der Waals surface area contributed by atoms with E-state index in [1.54, 1.807) is 0 Å². The molecule has 2 fully saturated rings. The Morgan fingerprint density at radius 3 is 2.24 bits per heavy atom. The fraction of sp³-hybridized carbons (Fsp3) is 0.590. The molecule has 0 aliphatic carbocycles. The van der Waals surface area contributed by atoms with Crippen LogP contribution in [0.15, 0.2) is 54.0 Å². The van der Waals surface area contributed by atoms with Crippen LogP contribution in [0.25, 0.3) is 0 Å². The average Bonchev–Trinajstić information content (AvgIpc) is 3.59. The molecule has 0 spiro atoms. The van der Waals surface area contributed by atoms with Crippen LogP contribution >= 0.6 is 0 Å². The smallest absolute Gasteiger partial charge is 0.162 e. The largest absolute Gasteiger partial charge is 0.489 e. The summed E-state index contributed by atoms with van der Waals surface area (Å²) in [5, 5.41) is 0. The Kier molecular flexibility index (Phi) is 10.6. The van der Waals surface area contributed by atoms with E-state index in [1.807, 2.05) is 18.2 Å². The van der Waals surface area contributed by atoms with Crippen molar-refractivity contribution in [3.63, 3.8) is 0 Å². The molecule has 5 atom stereocenters. The summed E-state index contributed by atoms with van der Waals surface area (Å²) in [6, 6.07) is 10.3. The van der Waals surface area contributed by atoms with Crippen molar-refractivity contribution >= 4 is 0 Å². The topological polar surface area (TPSA) is 64.6 Å². The first-order chi connectivity index (χ1) is 22.2. The van der Waals surface area contributed by atoms with Crippen LogP contribution in [0, 0.1) is 34.6 Å². The summed E-state index contributed by atoms with van der Waals surface area (Å²) in [5.41, 5.74) is 8.57. The number of hydrogen-bond donors (Lipinski definition) is 0. The second-order valence-electron chi connectivity index (χ2n) is 13.5. The van der Waals surface area contributed by atoms with E-state index in [2.05, 4.69) is 65.8 Å². The first-order valence-corrected chi connectivity index (χ1v) is 17.2. The SMILES string of the molecule is Cc1c(C)c(C)c(COCCCC2=CC[C@H]3O[C@H]4CC=C(CCC5OCCO5)O[C@]4(C)[C@@H](OCc4ccccc4)[C@@H]3O2)c(C)c1C. The third-order valence-electron chi connectivity index (χ3n) is 10.7. The Morgan fingerprint density at radius 2 is 1.50 bits per heavy atom. The molecule has 2 saturated heterocycles. The molecule has 4 aliphatic rings. The zero-order valence-corrected chi connectivity index (χ0v) is 28.6. The molecule has 6 rings (SSSR count). The number of ether oxygens (including phenoxy) is 7. The molecule has 7 nitrogen and oxygen atoms in total. The molecule has 2 aromatic carbocycles. The molecule has 2 aromatic rings. The van der Waals surface area contributed by atoms with E-state index < -0.39 is 5.60 Å². The number of benzene rings is 2. The second-order valence-corrected chi connectivity index (χ2v) is 13.5. The zero-order chi connectivity index (χ0) is 32.3. The Labute approximate surface area is 275 Å². The van der Waals surface area contributed by atoms with Crippen LogP contribution in [0.4, 0.5) is 0 Å². The summed E-state index contributed by atoms with van der Waals surface area (Å²) in [4.78, 5) is 0. The zero-order valence-electron chi connectivity index (χ0n) is 28.6. The molecule has 4 aliphatic heterocycles. The van der Waals surface area contributed by atoms with Gasteiger partial charge in [0.05, 0.1) is 37.9 Å². The first kappa shape index (κ1) is 33.2. The van der Waals surface area contributed by atoms with Crippen LogP contribution in [0.3, 0.4) is 0 Å². The normalized spacial score (nSPS) is 27.7. The summed E-state index contributed by atoms with van der Waals surface area (Å²) >= 11 is 0. The van der Waals surface area contributed by atoms with Crippen molar-refractivity contribution in [2.75, 3.05) is 19.8 Å². The van der Waals surface area contributed by atoms with Crippen LogP contribution in [-0.2, 0) is 46.4 Å². The molecular formula is C39H52O7. The molecule has 46 heavy (non-hydrogen) atoms. The minimum Gasteiger partial charge on any atom is -0.489 e. The lowest BCUT2D eigenvalue weighted by Gasteiger charge is -2.54. The van der Waals surface area contributed by atoms with Crippen molar-refractivity contribution in [2.24, 2.45) is 0 Å². The van der Waals surface area contributed by atoms with Gasteiger partial charge in [0.1, 0.15) is 18.3 Å². The molecule has 0 saturated carbocycles. The molecule has 0 aromatic heterocycles. The van der Waals surface area contributed by atoms with Crippen LogP contribution in [-0.4, -0.2) is 56.1 Å². The van der Waals surface area contributed by atoms with Gasteiger partial charge in [0.2, 0.25) is 0 Å². The minimum absolute atomic E-state index is 0.0864. The summed E-state index contributed by atoms with van der Waals surface area (Å²) in [7, 11) is 0. The highest BCUT2D eigenvalue weighted by Crippen LogP contribution is 2.45. The highest BCUT2D eigenvalue weighted by atomic mass is 16.7. The average molecular weight is 633 g/mol. The van der Waals surface area contributed by atoms with Crippen LogP contribution in [0.2, 0.25) is 0 Å². The van der Waals surface area contributed by atoms with Crippen molar-refractivity contribution in [3.8, 4) is 0 Å². The van der Waals surface area contributed by atoms with Gasteiger partial charge in [0.15, 0.2) is 18.0 Å². The van der Waals surface area contributed by atoms with Gasteiger partial charge >= 0.3 is 0 Å². The van der Waals surface area contributed by atoms with Crippen LogP contribution < -0.4 is 0 Å². The fourth-order valence-electron chi connectivity index (χ4n) is 7.39. The Morgan fingerprint density at radius 1 is 0.804 bits per heavy atom. The molecule has 0 unspecified atom stereocenters. The molecule has 250 valence electrons. The predicted molar refractivity (Wildman–Crippen MR) is 177 cm³/mol. The Balaban J connectivity index is 1.09. The van der Waals surface area contributed by atoms with Crippen LogP contribution in [0.5, 0.6) is 0 Å². The van der Waals surface area contributed by atoms with E-state index in [1.165, 1.54) is 33.4 Å². The van der Waals surface area contributed by atoms with Gasteiger partial charge in [-0.05, 0) is 112 Å². The maximum Gasteiger partial charge on any atom is 0.162 e. The molecule has 4 heterocycles. The number of allylic oxidation sites excluding steroid dienone is 2. The fourth-order valence-corrected chi connectivity index (χ4v) is 7.39. The Hall–Kier alpha value is -2.68. The minimum atomic E-state index is -0.691. The third-order valence-corrected chi connectivity index (χ3v) is 10.7. The van der Waals surface area contributed by atoms with Crippen molar-refractivity contribution in [1.29, 1.82) is 0 Å². The summed E-state index contributed by atoms with van der Waals surface area (Å²) in [6.07, 6.45) is 8.21. The van der Waals surface area contributed by atoms with Gasteiger partial charge in [0.25, 0.3) is 0 Å². The Bertz CT molecular complexity index is 1380. The molecule has 7 heteroatoms. The van der Waals surface area contributed by atoms with Gasteiger partial charge in [-0.25, -0.2) is 0 Å². The summed E-state index contributed by atoms with van der Waals surface area (Å²) in [6.45, 7) is 16.3. The maximum atomic E-state index is 6.80. The van der Waals surface area contributed by atoms with E-state index in [0.717, 1.165) is 55.6 Å². The van der Waals surface area contributed by atoms with Crippen LogP contribution in [0.1, 0.15) is 84.4 Å². The van der Waals surface area contributed by atoms with Gasteiger partial charge < -0.3 is 33.2 Å². The predicted octanol–water partition coefficient (Wildman–Crippen LogP) is 7.77. The summed E-state index contributed by atoms with van der Waals surface area (Å²) in [5.74, 6) is 1.93. The molecule has 0 N–H and O–H groups in total. The lowest BCUT2D eigenvalue weighted by atomic mass is 9.79. The van der Waals surface area contributed by atoms with E-state index in [0.29, 0.717) is 33.0 Å². The lowest BCUT2D eigenvalue weighted by Crippen LogP contribution is -2.67. The second kappa shape index (κ2) is 14.6. The quantitative estimate of drug-likeness (QED) is 0.222. The van der Waals surface area contributed by atoms with Gasteiger partial charge in [0, 0.05) is 25.9 Å². The number of fused-ring (bicyclic) bond motifs is 2. The van der Waals surface area contributed by atoms with Gasteiger partial charge in [-0.15, -0.1) is 0 Å². The first-order valence-electron chi connectivity index (χ1n) is 17.2. The van der Waals surface area contributed by atoms with Crippen molar-refractivity contribution in [3.05, 3.63) is 92.9 Å². The summed E-state index contributed by atoms with van der Waals surface area (Å²) < 4.78 is 44.6. The highest BCUT2D eigenvalue weighted by molar-refractivity contribution is 5.49. The van der Waals surface area contributed by atoms with E-state index in [-0.39, 0.29) is 30.7 Å². The highest BCUT2D eigenvalue weighted by Gasteiger charge is 2.58. The molecular weight excluding hydrogens is 580 g/mol. The standard InChI is InChI=1S/C39H52O7/c1-25-26(2)28(4)33(29(5)27(25)3)24-40-20-10-13-31-14-17-34-37(44-31)38(43-23-30-11-8-7-9-12-30)39(6)35(45-34)18-15-32(46-39)16-19-36-41-21-22-42-36/h7-9,11-12,14-15,34-38H,10,13,16-24H2,1-6H3/t34-,35+,37-,38+,39+/m1/s1. The lowest BCUT2D eigenvalue weighted by molar-refractivity contribution is -0.292. The molecule has 0 bridgehead atoms. The van der Waals surface area contributed by atoms with Crippen molar-refractivity contribution < 1.29 is 33.2 Å². The monoisotopic (exact) mass is 632 g/mol. The maximum absolute atomic E-state index is 6.80. The van der Waals surface area contributed by atoms with Gasteiger partial charge in [-0.1, -0.05) is 30.3 Å². The van der Waals surface area contributed by atoms with Crippen molar-refractivity contribution in [1.82, 2.24) is 0 Å². The molecule has 0 radical (unpaired) electrons. The number of rotatable bonds is 12. The molecule has 0 amide bonds. The number of hydrogen-bond acceptors (Lipinski definition) is 7. The van der Waals surface area contributed by atoms with Gasteiger partial charge in [-0.2, -0.15) is 0 Å². The third kappa shape index (κ3) is 7.09. The van der Waals surface area contributed by atoms with Crippen molar-refractivity contribution in [2.45, 2.75) is 130 Å². The van der Waals surface area contributed by atoms with E-state index >= 15 is 0 Å².